The first kappa shape index (κ1) is 12.9. The second-order valence-corrected chi connectivity index (χ2v) is 4.58. The molecule has 0 saturated carbocycles. The van der Waals surface area contributed by atoms with Gasteiger partial charge in [0, 0.05) is 19.4 Å². The van der Waals surface area contributed by atoms with Crippen molar-refractivity contribution in [1.82, 2.24) is 9.78 Å². The van der Waals surface area contributed by atoms with Gasteiger partial charge in [0.05, 0.1) is 19.0 Å². The predicted molar refractivity (Wildman–Crippen MR) is 65.9 cm³/mol. The van der Waals surface area contributed by atoms with Crippen LogP contribution >= 0.6 is 0 Å². The average Bonchev–Trinajstić information content (AvgIpc) is 2.83. The molecule has 0 aliphatic carbocycles. The number of hydrogen-bond donors (Lipinski definition) is 1. The first-order valence-corrected chi connectivity index (χ1v) is 6.16. The van der Waals surface area contributed by atoms with Crippen LogP contribution in [0.3, 0.4) is 0 Å². The van der Waals surface area contributed by atoms with Crippen LogP contribution in [0.15, 0.2) is 12.4 Å². The van der Waals surface area contributed by atoms with Gasteiger partial charge in [0.15, 0.2) is 0 Å². The first-order valence-electron chi connectivity index (χ1n) is 6.16. The number of hydrogen-bond acceptors (Lipinski definition) is 5. The Morgan fingerprint density at radius 1 is 1.67 bits per heavy atom. The number of esters is 1. The molecule has 1 saturated heterocycles. The van der Waals surface area contributed by atoms with Crippen molar-refractivity contribution in [3.8, 4) is 0 Å². The fraction of sp³-hybridized carbons (Fsp3) is 0.667. The quantitative estimate of drug-likeness (QED) is 0.810. The van der Waals surface area contributed by atoms with E-state index in [1.165, 1.54) is 7.11 Å². The van der Waals surface area contributed by atoms with Crippen molar-refractivity contribution in [3.63, 3.8) is 0 Å². The van der Waals surface area contributed by atoms with E-state index >= 15 is 0 Å². The van der Waals surface area contributed by atoms with Crippen molar-refractivity contribution in [1.29, 1.82) is 0 Å². The molecule has 1 aromatic heterocycles. The molecule has 100 valence electrons. The summed E-state index contributed by atoms with van der Waals surface area (Å²) < 4.78 is 11.8. The van der Waals surface area contributed by atoms with Crippen molar-refractivity contribution >= 4 is 11.7 Å². The highest BCUT2D eigenvalue weighted by Crippen LogP contribution is 2.26. The minimum absolute atomic E-state index is 0.274. The Morgan fingerprint density at radius 2 is 2.39 bits per heavy atom. The van der Waals surface area contributed by atoms with Crippen LogP contribution in [0.2, 0.25) is 0 Å². The molecular formula is C12H19N3O3. The highest BCUT2D eigenvalue weighted by Gasteiger charge is 2.27. The van der Waals surface area contributed by atoms with Crippen molar-refractivity contribution in [2.24, 2.45) is 5.92 Å². The molecule has 1 aliphatic rings. The van der Waals surface area contributed by atoms with Gasteiger partial charge >= 0.3 is 5.97 Å². The average molecular weight is 253 g/mol. The van der Waals surface area contributed by atoms with E-state index in [0.29, 0.717) is 11.6 Å². The van der Waals surface area contributed by atoms with E-state index in [1.807, 2.05) is 0 Å². The molecule has 0 amide bonds. The number of anilines is 1. The molecule has 2 N–H and O–H groups in total. The number of nitrogens with two attached hydrogens (primary N) is 1. The van der Waals surface area contributed by atoms with Crippen LogP contribution in [0.5, 0.6) is 0 Å². The third-order valence-corrected chi connectivity index (χ3v) is 3.31. The lowest BCUT2D eigenvalue weighted by Gasteiger charge is -2.25. The Labute approximate surface area is 106 Å². The van der Waals surface area contributed by atoms with E-state index in [4.69, 9.17) is 15.2 Å². The van der Waals surface area contributed by atoms with Gasteiger partial charge < -0.3 is 15.2 Å². The molecule has 0 spiro atoms. The Bertz CT molecular complexity index is 399. The number of carbonyl (C=O) groups is 1. The molecule has 1 aromatic rings. The van der Waals surface area contributed by atoms with Crippen molar-refractivity contribution in [3.05, 3.63) is 12.4 Å². The predicted octanol–water partition coefficient (Wildman–Crippen LogP) is 0.996. The summed E-state index contributed by atoms with van der Waals surface area (Å²) in [5, 5.41) is 4.11. The second kappa shape index (κ2) is 5.86. The number of ether oxygens (including phenoxy) is 2. The molecule has 6 heteroatoms. The Hall–Kier alpha value is -1.56. The SMILES string of the molecule is COC(=O)C(CC1CCOCC1)n1cc(N)cn1. The monoisotopic (exact) mass is 253 g/mol. The molecule has 0 bridgehead atoms. The molecular weight excluding hydrogens is 234 g/mol. The van der Waals surface area contributed by atoms with E-state index < -0.39 is 6.04 Å². The molecule has 18 heavy (non-hydrogen) atoms. The number of nitrogens with zero attached hydrogens (tertiary/aromatic N) is 2. The van der Waals surface area contributed by atoms with Crippen LogP contribution in [-0.4, -0.2) is 36.1 Å². The Kier molecular flexibility index (Phi) is 4.19. The Morgan fingerprint density at radius 3 is 2.94 bits per heavy atom. The van der Waals surface area contributed by atoms with Crippen LogP contribution in [0, 0.1) is 5.92 Å². The first-order chi connectivity index (χ1) is 8.70. The smallest absolute Gasteiger partial charge is 0.330 e. The standard InChI is InChI=1S/C12H19N3O3/c1-17-12(16)11(15-8-10(13)7-14-15)6-9-2-4-18-5-3-9/h7-9,11H,2-6,13H2,1H3. The molecule has 1 aliphatic heterocycles. The molecule has 2 heterocycles. The third-order valence-electron chi connectivity index (χ3n) is 3.31. The zero-order valence-electron chi connectivity index (χ0n) is 10.5. The van der Waals surface area contributed by atoms with Crippen molar-refractivity contribution in [2.45, 2.75) is 25.3 Å². The van der Waals surface area contributed by atoms with Gasteiger partial charge in [-0.15, -0.1) is 0 Å². The normalized spacial score (nSPS) is 18.5. The fourth-order valence-corrected chi connectivity index (χ4v) is 2.27. The van der Waals surface area contributed by atoms with E-state index in [0.717, 1.165) is 32.5 Å². The van der Waals surface area contributed by atoms with Crippen LogP contribution < -0.4 is 5.73 Å². The number of nitrogen functional groups attached to an aromatic ring is 1. The summed E-state index contributed by atoms with van der Waals surface area (Å²) in [6, 6.07) is -0.393. The zero-order chi connectivity index (χ0) is 13.0. The summed E-state index contributed by atoms with van der Waals surface area (Å²) in [5.74, 6) is 0.192. The molecule has 2 rings (SSSR count). The highest BCUT2D eigenvalue weighted by atomic mass is 16.5. The van der Waals surface area contributed by atoms with Crippen LogP contribution in [0.1, 0.15) is 25.3 Å². The van der Waals surface area contributed by atoms with Gasteiger partial charge in [-0.25, -0.2) is 4.79 Å². The largest absolute Gasteiger partial charge is 0.467 e. The number of carbonyl (C=O) groups excluding carboxylic acids is 1. The second-order valence-electron chi connectivity index (χ2n) is 4.58. The summed E-state index contributed by atoms with van der Waals surface area (Å²) in [4.78, 5) is 11.8. The van der Waals surface area contributed by atoms with Crippen molar-refractivity contribution < 1.29 is 14.3 Å². The maximum Gasteiger partial charge on any atom is 0.330 e. The van der Waals surface area contributed by atoms with Gasteiger partial charge in [0.1, 0.15) is 6.04 Å². The molecule has 0 radical (unpaired) electrons. The van der Waals surface area contributed by atoms with Gasteiger partial charge in [-0.3, -0.25) is 4.68 Å². The molecule has 6 nitrogen and oxygen atoms in total. The summed E-state index contributed by atoms with van der Waals surface area (Å²) in [7, 11) is 1.40. The minimum Gasteiger partial charge on any atom is -0.467 e. The lowest BCUT2D eigenvalue weighted by atomic mass is 9.92. The summed E-state index contributed by atoms with van der Waals surface area (Å²) >= 11 is 0. The molecule has 1 atom stereocenters. The van der Waals surface area contributed by atoms with Gasteiger partial charge in [-0.2, -0.15) is 5.10 Å². The Balaban J connectivity index is 2.07. The number of rotatable bonds is 4. The summed E-state index contributed by atoms with van der Waals surface area (Å²) in [6.07, 6.45) is 5.88. The lowest BCUT2D eigenvalue weighted by molar-refractivity contribution is -0.145. The van der Waals surface area contributed by atoms with Gasteiger partial charge in [-0.05, 0) is 25.2 Å². The van der Waals surface area contributed by atoms with Crippen LogP contribution in [0.4, 0.5) is 5.69 Å². The summed E-state index contributed by atoms with van der Waals surface area (Å²) in [6.45, 7) is 1.53. The van der Waals surface area contributed by atoms with Gasteiger partial charge in [0.25, 0.3) is 0 Å². The third kappa shape index (κ3) is 3.01. The number of aromatic nitrogens is 2. The number of methoxy groups -OCH3 is 1. The highest BCUT2D eigenvalue weighted by molar-refractivity contribution is 5.74. The van der Waals surface area contributed by atoms with Gasteiger partial charge in [0.2, 0.25) is 0 Å². The minimum atomic E-state index is -0.393. The van der Waals surface area contributed by atoms with E-state index in [9.17, 15) is 4.79 Å². The molecule has 1 unspecified atom stereocenters. The van der Waals surface area contributed by atoms with Crippen molar-refractivity contribution in [2.75, 3.05) is 26.1 Å². The maximum atomic E-state index is 11.8. The lowest BCUT2D eigenvalue weighted by Crippen LogP contribution is -2.26. The van der Waals surface area contributed by atoms with E-state index in [2.05, 4.69) is 5.10 Å². The zero-order valence-corrected chi connectivity index (χ0v) is 10.5. The van der Waals surface area contributed by atoms with Gasteiger partial charge in [-0.1, -0.05) is 0 Å². The van der Waals surface area contributed by atoms with E-state index in [1.54, 1.807) is 17.1 Å². The fourth-order valence-electron chi connectivity index (χ4n) is 2.27. The van der Waals surface area contributed by atoms with Crippen LogP contribution in [-0.2, 0) is 14.3 Å². The topological polar surface area (TPSA) is 79.4 Å². The maximum absolute atomic E-state index is 11.8. The molecule has 0 aromatic carbocycles. The van der Waals surface area contributed by atoms with E-state index in [-0.39, 0.29) is 5.97 Å². The summed E-state index contributed by atoms with van der Waals surface area (Å²) in [5.41, 5.74) is 6.19. The van der Waals surface area contributed by atoms with Crippen LogP contribution in [0.25, 0.3) is 0 Å². The molecule has 1 fully saturated rings.